The standard InChI is InChI=1S/C26H29FN2.C24H27FN2.C24H25FN2.C16H20FNO.C10H14N2.C9H8BrF.C9H9F.C7H10N2.C2H6/c1-6-13-29-24-12-7-18(2)14-22(24)23-16-28(5)17-26(4,25(23)29)15-19(3)20-8-10-21(27)11-9-20;2*1-16-4-9-22-20(12-16)21-14-26(3)15-24(2)13-18(10-11-27(22)23(21)24)17-5-7-19(25)8-6-17;1-12(13-4-6-14(17)7-5-13)10-16(2)11-18(3)9-8-15(16)19;1-3-8-12(11)10-6-4-9(2)5-7-10;1-7(6-10)8-2-4-9(11)5-3-8;1-7(2)8-3-5-9(10)6-4-8;1-6-2-4-7(9-8)5-3-6;1-2/h6-12,14H,1,3,13,15-17H2,2,4-5H3;4-9,12,18H,10-11,13-15H2,1-3H3;4-10,12H,11,13-15H2,1-3H3;4-7H,1,8-11H2,2-3H3;3-7H,1,8,11H2,2H3;2-5H,1,6H2;3-6H,1H2,2H3;2-5,9H,8H2,1H3;1-2H3. The van der Waals surface area contributed by atoms with E-state index in [4.69, 9.17) is 11.7 Å². The number of allylic oxidation sites excluding steroid dienone is 7. The zero-order chi connectivity index (χ0) is 106. The molecule has 0 radical (unpaired) electrons. The highest BCUT2D eigenvalue weighted by molar-refractivity contribution is 9.09. The molecule has 20 rings (SSSR count). The number of nitrogens with two attached hydrogens (primary N) is 2. The summed E-state index contributed by atoms with van der Waals surface area (Å²) in [5.41, 5.74) is 34.9. The van der Waals surface area contributed by atoms with Crippen molar-refractivity contribution in [1.82, 2.24) is 33.3 Å². The van der Waals surface area contributed by atoms with Crippen LogP contribution in [0.5, 0.6) is 0 Å². The number of hydrazine groups is 2. The van der Waals surface area contributed by atoms with Crippen molar-refractivity contribution in [3.63, 3.8) is 0 Å². The van der Waals surface area contributed by atoms with Crippen LogP contribution in [0.15, 0.2) is 306 Å². The summed E-state index contributed by atoms with van der Waals surface area (Å²) < 4.78 is 85.4. The van der Waals surface area contributed by atoms with Gasteiger partial charge in [-0.2, -0.15) is 0 Å². The van der Waals surface area contributed by atoms with Gasteiger partial charge in [-0.25, -0.2) is 32.2 Å². The van der Waals surface area contributed by atoms with Gasteiger partial charge in [0, 0.05) is 161 Å². The second-order valence-electron chi connectivity index (χ2n) is 41.4. The number of hydrogen-bond acceptors (Lipinski definition) is 9. The number of halogens is 7. The molecule has 5 atom stereocenters. The molecule has 12 nitrogen and oxygen atoms in total. The quantitative estimate of drug-likeness (QED) is 0.0270. The van der Waals surface area contributed by atoms with E-state index in [-0.39, 0.29) is 56.6 Å². The topological polar surface area (TPSA) is 112 Å². The molecule has 11 aromatic carbocycles. The van der Waals surface area contributed by atoms with E-state index < -0.39 is 0 Å². The van der Waals surface area contributed by atoms with Crippen molar-refractivity contribution in [2.75, 3.05) is 83.2 Å². The van der Waals surface area contributed by atoms with E-state index in [2.05, 4.69) is 224 Å². The van der Waals surface area contributed by atoms with Gasteiger partial charge in [0.05, 0.1) is 12.2 Å². The van der Waals surface area contributed by atoms with Crippen LogP contribution in [0, 0.1) is 74.9 Å². The number of alkyl halides is 1. The SMILES string of the molecule is C=C(C)c1ccc(F)cc1.C=C(CBr)c1ccc(F)cc1.C=C(CC1(C)CN(C)CCC1=O)c1ccc(F)cc1.C=CCN(N)c1ccc(C)cc1.C=CCn1c2c(c3cc(C)ccc31)CN(C)CC2(C)CC(=C)c1ccc(F)cc1.CC.Cc1ccc(NN)cc1.Cc1ccc2c(c1)c1c3n2CC=C(c2ccc(F)cc2)CC3(C)CN(C)C1.Cc1ccc2c(c1)c1c3n2CCC(c2ccc(F)cc2)CC3(C)CN(C)C1. The summed E-state index contributed by atoms with van der Waals surface area (Å²) in [7, 11) is 8.68. The summed E-state index contributed by atoms with van der Waals surface area (Å²) in [6.45, 7) is 60.3. The first-order valence-corrected chi connectivity index (χ1v) is 51.7. The Morgan fingerprint density at radius 1 is 0.466 bits per heavy atom. The predicted molar refractivity (Wildman–Crippen MR) is 608 cm³/mol. The summed E-state index contributed by atoms with van der Waals surface area (Å²) in [6, 6.07) is 76.2. The Labute approximate surface area is 872 Å². The molecule has 1 fully saturated rings. The third-order valence-electron chi connectivity index (χ3n) is 28.6. The molecular formula is C127H148BrF6N11O. The lowest BCUT2D eigenvalue weighted by Crippen LogP contribution is -2.46. The number of Topliss-reactive ketones (excluding diaryl/α,β-unsaturated/α-hetero) is 1. The molecule has 6 aliphatic rings. The Hall–Kier alpha value is -12.7. The van der Waals surface area contributed by atoms with E-state index in [1.807, 2.05) is 133 Å². The number of fused-ring (bicyclic) bond motifs is 9. The molecule has 0 amide bonds. The van der Waals surface area contributed by atoms with Gasteiger partial charge in [0.1, 0.15) is 40.7 Å². The molecule has 5 N–H and O–H groups in total. The number of carbonyl (C=O) groups excluding carboxylic acids is 1. The molecule has 6 aliphatic heterocycles. The molecule has 766 valence electrons. The van der Waals surface area contributed by atoms with Crippen LogP contribution in [0.3, 0.4) is 0 Å². The van der Waals surface area contributed by atoms with Crippen LogP contribution in [0.4, 0.5) is 37.7 Å². The lowest BCUT2D eigenvalue weighted by Gasteiger charge is -2.41. The van der Waals surface area contributed by atoms with Crippen molar-refractivity contribution < 1.29 is 31.1 Å². The van der Waals surface area contributed by atoms with Crippen molar-refractivity contribution >= 4 is 93.7 Å². The van der Waals surface area contributed by atoms with Crippen LogP contribution in [0.2, 0.25) is 0 Å². The van der Waals surface area contributed by atoms with E-state index in [1.54, 1.807) is 77.4 Å². The van der Waals surface area contributed by atoms with Crippen molar-refractivity contribution in [2.24, 2.45) is 17.1 Å². The Kier molecular flexibility index (Phi) is 38.5. The minimum absolute atomic E-state index is 0.0476. The summed E-state index contributed by atoms with van der Waals surface area (Å²) in [5, 5.41) is 6.56. The predicted octanol–water partition coefficient (Wildman–Crippen LogP) is 30.1. The summed E-state index contributed by atoms with van der Waals surface area (Å²) in [4.78, 5) is 21.7. The van der Waals surface area contributed by atoms with Crippen LogP contribution >= 0.6 is 15.9 Å². The zero-order valence-electron chi connectivity index (χ0n) is 88.4. The first-order chi connectivity index (χ1) is 69.6. The third-order valence-corrected chi connectivity index (χ3v) is 29.3. The lowest BCUT2D eigenvalue weighted by atomic mass is 9.73. The number of aryl methyl sites for hydroxylation is 6. The van der Waals surface area contributed by atoms with Crippen molar-refractivity contribution in [3.8, 4) is 0 Å². The maximum absolute atomic E-state index is 13.4. The average Bonchev–Trinajstić information content (AvgIpc) is 1.57. The van der Waals surface area contributed by atoms with Gasteiger partial charge in [-0.05, 0) is 314 Å². The second kappa shape index (κ2) is 50.1. The highest BCUT2D eigenvalue weighted by Gasteiger charge is 2.46. The number of nitrogens with zero attached hydrogens (tertiary/aromatic N) is 8. The maximum atomic E-state index is 13.4. The number of ketones is 1. The molecule has 5 unspecified atom stereocenters. The molecule has 0 saturated carbocycles. The number of anilines is 2. The lowest BCUT2D eigenvalue weighted by molar-refractivity contribution is -0.131. The van der Waals surface area contributed by atoms with E-state index in [0.717, 1.165) is 164 Å². The van der Waals surface area contributed by atoms with Gasteiger partial charge >= 0.3 is 0 Å². The summed E-state index contributed by atoms with van der Waals surface area (Å²) in [5.74, 6) is 10.4. The number of benzene rings is 11. The largest absolute Gasteiger partial charge is 0.344 e. The van der Waals surface area contributed by atoms with Gasteiger partial charge in [0.25, 0.3) is 0 Å². The molecular weight excluding hydrogens is 1890 g/mol. The molecule has 3 aromatic heterocycles. The number of nitrogen functional groups attached to an aromatic ring is 1. The fraction of sp³-hybridized carbons (Fsp3) is 0.315. The van der Waals surface area contributed by atoms with E-state index in [0.29, 0.717) is 31.1 Å². The fourth-order valence-electron chi connectivity index (χ4n) is 22.0. The molecule has 1 saturated heterocycles. The van der Waals surface area contributed by atoms with Crippen LogP contribution in [0.25, 0.3) is 60.6 Å². The highest BCUT2D eigenvalue weighted by Crippen LogP contribution is 2.51. The number of likely N-dealkylation sites (tertiary alicyclic amines) is 1. The van der Waals surface area contributed by atoms with E-state index >= 15 is 0 Å². The molecule has 0 spiro atoms. The smallest absolute Gasteiger partial charge is 0.141 e. The molecule has 0 bridgehead atoms. The fourth-order valence-corrected chi connectivity index (χ4v) is 22.3. The minimum Gasteiger partial charge on any atom is -0.344 e. The zero-order valence-corrected chi connectivity index (χ0v) is 90.0. The van der Waals surface area contributed by atoms with Crippen molar-refractivity contribution in [2.45, 2.75) is 183 Å². The highest BCUT2D eigenvalue weighted by atomic mass is 79.9. The summed E-state index contributed by atoms with van der Waals surface area (Å²) in [6.07, 6.45) is 11.4. The molecule has 146 heavy (non-hydrogen) atoms. The Bertz CT molecular complexity index is 6920. The van der Waals surface area contributed by atoms with Gasteiger partial charge in [-0.1, -0.05) is 251 Å². The minimum atomic E-state index is -0.377. The Balaban J connectivity index is 0.000000153. The third kappa shape index (κ3) is 27.8. The van der Waals surface area contributed by atoms with Gasteiger partial charge in [0.2, 0.25) is 0 Å². The average molecular weight is 2040 g/mol. The number of likely N-dealkylation sites (N-methyl/N-ethyl adjacent to an activating group) is 3. The molecule has 14 aromatic rings. The monoisotopic (exact) mass is 2040 g/mol. The second-order valence-corrected chi connectivity index (χ2v) is 42.0. The number of hydrogen-bond donors (Lipinski definition) is 3. The van der Waals surface area contributed by atoms with Crippen LogP contribution in [0.1, 0.15) is 188 Å². The van der Waals surface area contributed by atoms with E-state index in [9.17, 15) is 31.1 Å². The first kappa shape index (κ1) is 112. The van der Waals surface area contributed by atoms with Crippen molar-refractivity contribution in [1.29, 1.82) is 0 Å². The van der Waals surface area contributed by atoms with Gasteiger partial charge in [0.15, 0.2) is 0 Å². The Morgan fingerprint density at radius 2 is 0.863 bits per heavy atom. The number of rotatable bonds is 17. The maximum Gasteiger partial charge on any atom is 0.141 e. The van der Waals surface area contributed by atoms with Gasteiger partial charge in [-0.15, -0.1) is 13.2 Å². The van der Waals surface area contributed by atoms with E-state index in [1.165, 1.54) is 148 Å². The first-order valence-electron chi connectivity index (χ1n) is 50.6. The van der Waals surface area contributed by atoms with Crippen LogP contribution < -0.4 is 22.1 Å². The van der Waals surface area contributed by atoms with Gasteiger partial charge < -0.3 is 43.7 Å². The number of carbonyl (C=O) groups is 1. The van der Waals surface area contributed by atoms with Crippen LogP contribution in [-0.2, 0) is 60.3 Å². The normalized spacial score (nSPS) is 18.6. The number of nitrogens with one attached hydrogen (secondary N) is 1. The molecule has 19 heteroatoms. The Morgan fingerprint density at radius 3 is 1.33 bits per heavy atom. The molecule has 9 heterocycles. The molecule has 0 aliphatic carbocycles. The number of piperidine rings is 1. The van der Waals surface area contributed by atoms with Crippen molar-refractivity contribution in [3.05, 3.63) is 436 Å². The van der Waals surface area contributed by atoms with Gasteiger partial charge in [-0.3, -0.25) is 10.6 Å². The number of aromatic nitrogens is 3. The van der Waals surface area contributed by atoms with Crippen LogP contribution in [-0.4, -0.2) is 112 Å². The summed E-state index contributed by atoms with van der Waals surface area (Å²) >= 11 is 3.28.